The highest BCUT2D eigenvalue weighted by atomic mass is 16.8. The first kappa shape index (κ1) is 67.5. The van der Waals surface area contributed by atoms with Gasteiger partial charge in [-0.2, -0.15) is 0 Å². The number of rotatable bonds is 26. The second-order valence-corrected chi connectivity index (χ2v) is 22.8. The Balaban J connectivity index is 1.05. The third-order valence-corrected chi connectivity index (χ3v) is 16.3. The number of hydrogen-bond acceptors (Lipinski definition) is 21. The zero-order valence-corrected chi connectivity index (χ0v) is 49.4. The molecule has 482 valence electrons. The van der Waals surface area contributed by atoms with Crippen molar-refractivity contribution < 1.29 is 103 Å². The largest absolute Gasteiger partial charge is 0.445 e. The van der Waals surface area contributed by atoms with Crippen LogP contribution in [-0.4, -0.2) is 206 Å². The van der Waals surface area contributed by atoms with Crippen LogP contribution < -0.4 is 16.0 Å². The zero-order chi connectivity index (χ0) is 62.9. The summed E-state index contributed by atoms with van der Waals surface area (Å²) in [6.45, 7) is 3.13. The molecule has 4 aromatic rings. The van der Waals surface area contributed by atoms with Crippen LogP contribution >= 0.6 is 0 Å². The van der Waals surface area contributed by atoms with Crippen LogP contribution in [0.2, 0.25) is 0 Å². The normalized spacial score (nSPS) is 31.6. The Morgan fingerprint density at radius 1 is 0.557 bits per heavy atom. The van der Waals surface area contributed by atoms with Gasteiger partial charge in [0.15, 0.2) is 18.9 Å². The van der Waals surface area contributed by atoms with Gasteiger partial charge in [-0.1, -0.05) is 149 Å². The second-order valence-electron chi connectivity index (χ2n) is 22.8. The van der Waals surface area contributed by atoms with E-state index in [-0.39, 0.29) is 52.3 Å². The van der Waals surface area contributed by atoms with Crippen LogP contribution in [0.1, 0.15) is 68.7 Å². The number of alkyl carbamates (subject to hydrolysis) is 2. The topological polar surface area (TPSA) is 353 Å². The molecule has 3 heterocycles. The van der Waals surface area contributed by atoms with Crippen molar-refractivity contribution in [3.63, 3.8) is 0 Å². The summed E-state index contributed by atoms with van der Waals surface area (Å²) in [6.07, 6.45) is -26.5. The van der Waals surface area contributed by atoms with Gasteiger partial charge in [0.05, 0.1) is 37.4 Å². The van der Waals surface area contributed by atoms with Gasteiger partial charge in [-0.15, -0.1) is 0 Å². The lowest BCUT2D eigenvalue weighted by Crippen LogP contribution is -2.68. The first-order valence-corrected chi connectivity index (χ1v) is 29.9. The van der Waals surface area contributed by atoms with Crippen LogP contribution in [0, 0.1) is 11.8 Å². The molecule has 1 aliphatic carbocycles. The molecule has 0 aromatic heterocycles. The molecule has 4 aromatic carbocycles. The summed E-state index contributed by atoms with van der Waals surface area (Å²) in [7, 11) is 0. The molecule has 0 bridgehead atoms. The highest BCUT2D eigenvalue weighted by molar-refractivity contribution is 5.80. The van der Waals surface area contributed by atoms with E-state index in [9.17, 15) is 60.0 Å². The van der Waals surface area contributed by atoms with Gasteiger partial charge in [-0.3, -0.25) is 4.79 Å². The van der Waals surface area contributed by atoms with Crippen LogP contribution in [0.4, 0.5) is 14.4 Å². The number of amides is 4. The zero-order valence-electron chi connectivity index (χ0n) is 49.4. The molecule has 0 unspecified atom stereocenters. The lowest BCUT2D eigenvalue weighted by Gasteiger charge is -2.49. The van der Waals surface area contributed by atoms with Crippen LogP contribution in [0.25, 0.3) is 0 Å². The molecular weight excluding hydrogens is 1150 g/mol. The van der Waals surface area contributed by atoms with Crippen molar-refractivity contribution in [2.75, 3.05) is 26.2 Å². The van der Waals surface area contributed by atoms with Gasteiger partial charge in [0.25, 0.3) is 0 Å². The first-order valence-electron chi connectivity index (χ1n) is 29.9. The first-order chi connectivity index (χ1) is 42.4. The van der Waals surface area contributed by atoms with E-state index in [1.165, 1.54) is 18.7 Å². The molecule has 0 radical (unpaired) electrons. The number of carbonyl (C=O) groups is 4. The van der Waals surface area contributed by atoms with Gasteiger partial charge in [0, 0.05) is 24.9 Å². The quantitative estimate of drug-likeness (QED) is 0.0402. The Hall–Kier alpha value is -6.40. The van der Waals surface area contributed by atoms with E-state index in [1.54, 1.807) is 85.8 Å². The molecule has 25 heteroatoms. The Labute approximate surface area is 510 Å². The Morgan fingerprint density at radius 3 is 1.60 bits per heavy atom. The van der Waals surface area contributed by atoms with E-state index in [1.807, 2.05) is 42.5 Å². The van der Waals surface area contributed by atoms with E-state index in [2.05, 4.69) is 16.0 Å². The van der Waals surface area contributed by atoms with Gasteiger partial charge in [-0.25, -0.2) is 14.4 Å². The van der Waals surface area contributed by atoms with Crippen LogP contribution in [-0.2, 0) is 73.7 Å². The van der Waals surface area contributed by atoms with E-state index >= 15 is 0 Å². The molecule has 4 fully saturated rings. The van der Waals surface area contributed by atoms with Crippen LogP contribution in [0.5, 0.6) is 0 Å². The summed E-state index contributed by atoms with van der Waals surface area (Å²) in [5.74, 6) is -2.94. The SMILES string of the molecule is CCC[C@H](O)C(=O)N[C@@H]1C[C@H](NC(=O)OCc2ccccc2)[C@@H](O[C@H]2O[C@H](CN(CCCc3ccccc3)C(=O)OCc3ccccc3)[C@@H](O)[C@H](O)[C@H]2C)[C@H](O[C@@H]2O[C@H](CO)[C@@H](O[C@H]3O[C@@H](CNC(=O)OCc4ccccc4)[C@@H](O)[C@H](O)[C@H]3C)[C@H]2O)[C@H]1O. The average Bonchev–Trinajstić information content (AvgIpc) is 1.64. The molecule has 4 aliphatic rings. The number of benzene rings is 4. The Bertz CT molecular complexity index is 2770. The molecular formula is C63H84N4O21. The minimum Gasteiger partial charge on any atom is -0.445 e. The lowest BCUT2D eigenvalue weighted by atomic mass is 9.82. The number of nitrogens with one attached hydrogen (secondary N) is 3. The van der Waals surface area contributed by atoms with Gasteiger partial charge < -0.3 is 104 Å². The van der Waals surface area contributed by atoms with E-state index < -0.39 is 153 Å². The van der Waals surface area contributed by atoms with Crippen molar-refractivity contribution in [3.8, 4) is 0 Å². The molecule has 88 heavy (non-hydrogen) atoms. The molecule has 11 N–H and O–H groups in total. The summed E-state index contributed by atoms with van der Waals surface area (Å²) in [5, 5.41) is 100. The minimum absolute atomic E-state index is 0.0516. The van der Waals surface area contributed by atoms with E-state index in [0.29, 0.717) is 24.8 Å². The van der Waals surface area contributed by atoms with Gasteiger partial charge in [0.1, 0.15) is 87.0 Å². The molecule has 3 aliphatic heterocycles. The maximum absolute atomic E-state index is 14.0. The monoisotopic (exact) mass is 1230 g/mol. The number of hydrogen-bond donors (Lipinski definition) is 11. The van der Waals surface area contributed by atoms with Crippen molar-refractivity contribution in [2.45, 2.75) is 183 Å². The number of aliphatic hydroxyl groups is 8. The fourth-order valence-electron chi connectivity index (χ4n) is 11.1. The summed E-state index contributed by atoms with van der Waals surface area (Å²) >= 11 is 0. The highest BCUT2D eigenvalue weighted by Gasteiger charge is 2.56. The molecule has 0 spiro atoms. The van der Waals surface area contributed by atoms with Crippen molar-refractivity contribution in [1.82, 2.24) is 20.9 Å². The third-order valence-electron chi connectivity index (χ3n) is 16.3. The fraction of sp³-hybridized carbons (Fsp3) is 0.556. The maximum Gasteiger partial charge on any atom is 0.410 e. The summed E-state index contributed by atoms with van der Waals surface area (Å²) in [6, 6.07) is 33.6. The molecule has 20 atom stereocenters. The van der Waals surface area contributed by atoms with Crippen LogP contribution in [0.3, 0.4) is 0 Å². The minimum atomic E-state index is -1.86. The summed E-state index contributed by atoms with van der Waals surface area (Å²) < 4.78 is 55.0. The highest BCUT2D eigenvalue weighted by Crippen LogP contribution is 2.38. The average molecular weight is 1230 g/mol. The second kappa shape index (κ2) is 32.9. The fourth-order valence-corrected chi connectivity index (χ4v) is 11.1. The van der Waals surface area contributed by atoms with Crippen molar-refractivity contribution in [2.24, 2.45) is 11.8 Å². The number of aliphatic hydroxyl groups excluding tert-OH is 8. The van der Waals surface area contributed by atoms with Crippen molar-refractivity contribution in [3.05, 3.63) is 144 Å². The van der Waals surface area contributed by atoms with Crippen molar-refractivity contribution >= 4 is 24.2 Å². The smallest absolute Gasteiger partial charge is 0.410 e. The third kappa shape index (κ3) is 18.2. The van der Waals surface area contributed by atoms with Crippen molar-refractivity contribution in [1.29, 1.82) is 0 Å². The molecule has 1 saturated carbocycles. The lowest BCUT2D eigenvalue weighted by molar-refractivity contribution is -0.321. The molecule has 25 nitrogen and oxygen atoms in total. The predicted octanol–water partition coefficient (Wildman–Crippen LogP) is 2.29. The number of carbonyl (C=O) groups excluding carboxylic acids is 4. The molecule has 3 saturated heterocycles. The van der Waals surface area contributed by atoms with E-state index in [4.69, 9.17) is 42.6 Å². The van der Waals surface area contributed by atoms with Gasteiger partial charge in [0.2, 0.25) is 5.91 Å². The van der Waals surface area contributed by atoms with Gasteiger partial charge >= 0.3 is 18.3 Å². The summed E-state index contributed by atoms with van der Waals surface area (Å²) in [5.41, 5.74) is 3.09. The molecule has 4 amide bonds. The number of aryl methyl sites for hydroxylation is 1. The number of nitrogens with zero attached hydrogens (tertiary/aromatic N) is 1. The Kier molecular flexibility index (Phi) is 25.2. The Morgan fingerprint density at radius 2 is 1.05 bits per heavy atom. The number of ether oxygens (including phenoxy) is 9. The predicted molar refractivity (Wildman–Crippen MR) is 311 cm³/mol. The maximum atomic E-state index is 14.0. The molecule has 8 rings (SSSR count). The standard InChI is InChI=1S/C63H84N4O21/c1-4-18-44(69)57(76)65-42-29-43(66-62(78)81-34-40-23-13-7-14-24-40)54(86-59-37(3)49(71)52(74)46(84-59)31-67(28-17-27-38-19-9-5-10-20-38)63(79)82-35-41-25-15-8-16-26-41)56(50(42)72)88-60-53(75)55(47(32-68)85-60)87-58-36(2)48(70)51(73)45(83-58)30-64-61(77)80-33-39-21-11-6-12-22-39/h5-16,19-26,36-37,42-56,58-60,68-75H,4,17-18,27-35H2,1-3H3,(H,64,77)(H,65,76)(H,66,78)/t36-,37-,42-,43+,44+,45+,46-,47-,48-,49-,50+,51-,52-,53-,54-,55-,56-,58-,59-,60+/m1/s1. The van der Waals surface area contributed by atoms with Crippen LogP contribution in [0.15, 0.2) is 121 Å². The van der Waals surface area contributed by atoms with Gasteiger partial charge in [-0.05, 0) is 47.9 Å². The summed E-state index contributed by atoms with van der Waals surface area (Å²) in [4.78, 5) is 55.6. The van der Waals surface area contributed by atoms with E-state index in [0.717, 1.165) is 16.7 Å².